The fraction of sp³-hybridized carbons (Fsp3) is 0.120. The van der Waals surface area contributed by atoms with Crippen LogP contribution in [0.3, 0.4) is 0 Å². The van der Waals surface area contributed by atoms with Gasteiger partial charge in [0.1, 0.15) is 18.2 Å². The largest absolute Gasteiger partial charge is 0.493 e. The second kappa shape index (κ2) is 12.2. The number of carbonyl (C=O) groups is 1. The zero-order valence-corrected chi connectivity index (χ0v) is 23.8. The van der Waals surface area contributed by atoms with Gasteiger partial charge in [0.05, 0.1) is 21.6 Å². The molecule has 1 amide bonds. The number of nitrogens with zero attached hydrogens (tertiary/aromatic N) is 1. The number of halogens is 5. The van der Waals surface area contributed by atoms with Gasteiger partial charge in [0.15, 0.2) is 11.5 Å². The molecule has 3 aromatic rings. The van der Waals surface area contributed by atoms with Crippen LogP contribution in [-0.4, -0.2) is 13.0 Å². The summed E-state index contributed by atoms with van der Waals surface area (Å²) in [4.78, 5) is 12.8. The first-order valence-electron chi connectivity index (χ1n) is 9.96. The Morgan fingerprint density at radius 1 is 1.09 bits per heavy atom. The Morgan fingerprint density at radius 2 is 1.83 bits per heavy atom. The van der Waals surface area contributed by atoms with Gasteiger partial charge in [0, 0.05) is 15.2 Å². The van der Waals surface area contributed by atoms with Crippen molar-refractivity contribution in [3.05, 3.63) is 88.7 Å². The molecule has 35 heavy (non-hydrogen) atoms. The van der Waals surface area contributed by atoms with E-state index in [1.165, 1.54) is 13.2 Å². The van der Waals surface area contributed by atoms with Crippen molar-refractivity contribution in [2.45, 2.75) is 13.5 Å². The van der Waals surface area contributed by atoms with Crippen LogP contribution in [0.25, 0.3) is 6.08 Å². The fourth-order valence-corrected chi connectivity index (χ4v) is 4.44. The molecule has 0 aromatic heterocycles. The summed E-state index contributed by atoms with van der Waals surface area (Å²) in [6, 6.07) is 13.9. The lowest BCUT2D eigenvalue weighted by molar-refractivity contribution is -0.112. The number of ether oxygens (including phenoxy) is 2. The predicted molar refractivity (Wildman–Crippen MR) is 148 cm³/mol. The number of aryl methyl sites for hydroxylation is 1. The lowest BCUT2D eigenvalue weighted by Gasteiger charge is -2.16. The third-order valence-corrected chi connectivity index (χ3v) is 7.97. The van der Waals surface area contributed by atoms with Crippen molar-refractivity contribution in [1.82, 2.24) is 0 Å². The molecule has 180 valence electrons. The van der Waals surface area contributed by atoms with Gasteiger partial charge in [-0.1, -0.05) is 46.9 Å². The zero-order valence-electron chi connectivity index (χ0n) is 18.4. The van der Waals surface area contributed by atoms with Gasteiger partial charge in [0.25, 0.3) is 5.91 Å². The van der Waals surface area contributed by atoms with Crippen molar-refractivity contribution >= 4 is 84.3 Å². The lowest BCUT2D eigenvalue weighted by atomic mass is 10.1. The summed E-state index contributed by atoms with van der Waals surface area (Å²) < 4.78 is 12.6. The molecule has 0 atom stereocenters. The molecule has 0 aliphatic rings. The molecule has 0 radical (unpaired) electrons. The highest BCUT2D eigenvalue weighted by Crippen LogP contribution is 2.44. The van der Waals surface area contributed by atoms with Crippen molar-refractivity contribution in [2.75, 3.05) is 12.4 Å². The molecule has 0 saturated heterocycles. The highest BCUT2D eigenvalue weighted by molar-refractivity contribution is 9.13. The molecule has 0 saturated carbocycles. The van der Waals surface area contributed by atoms with Gasteiger partial charge >= 0.3 is 0 Å². The molecule has 0 unspecified atom stereocenters. The van der Waals surface area contributed by atoms with E-state index >= 15 is 0 Å². The van der Waals surface area contributed by atoms with Crippen molar-refractivity contribution in [3.63, 3.8) is 0 Å². The summed E-state index contributed by atoms with van der Waals surface area (Å²) in [5.74, 6) is 0.259. The molecular weight excluding hydrogens is 642 g/mol. The molecule has 3 rings (SSSR count). The Labute approximate surface area is 234 Å². The van der Waals surface area contributed by atoms with Gasteiger partial charge in [-0.3, -0.25) is 4.79 Å². The number of rotatable bonds is 7. The molecule has 3 aromatic carbocycles. The minimum Gasteiger partial charge on any atom is -0.493 e. The van der Waals surface area contributed by atoms with Crippen LogP contribution in [0, 0.1) is 18.3 Å². The molecule has 0 spiro atoms. The van der Waals surface area contributed by atoms with Gasteiger partial charge in [0.2, 0.25) is 0 Å². The van der Waals surface area contributed by atoms with Crippen molar-refractivity contribution in [1.29, 1.82) is 5.26 Å². The third kappa shape index (κ3) is 6.72. The van der Waals surface area contributed by atoms with Gasteiger partial charge in [-0.2, -0.15) is 5.26 Å². The van der Waals surface area contributed by atoms with Crippen molar-refractivity contribution < 1.29 is 14.3 Å². The first kappa shape index (κ1) is 27.4. The van der Waals surface area contributed by atoms with Crippen LogP contribution in [0.1, 0.15) is 16.7 Å². The number of carbonyl (C=O) groups excluding carboxylic acids is 1. The molecule has 0 heterocycles. The lowest BCUT2D eigenvalue weighted by Crippen LogP contribution is -2.14. The zero-order chi connectivity index (χ0) is 25.7. The maximum atomic E-state index is 12.8. The van der Waals surface area contributed by atoms with Gasteiger partial charge < -0.3 is 14.8 Å². The summed E-state index contributed by atoms with van der Waals surface area (Å²) in [5.41, 5.74) is 2.57. The quantitative estimate of drug-likeness (QED) is 0.204. The second-order valence-electron chi connectivity index (χ2n) is 7.25. The topological polar surface area (TPSA) is 71.3 Å². The van der Waals surface area contributed by atoms with E-state index in [1.807, 2.05) is 13.0 Å². The maximum Gasteiger partial charge on any atom is 0.266 e. The standard InChI is InChI=1S/C25H17Br2Cl3N2O3/c1-13-3-5-17(28)10-20(13)32-25(33)16(11-31)8-15-9-21(34-2)24(23(27)22(15)26)35-12-14-4-6-18(29)19(30)7-14/h3-10H,12H2,1-2H3,(H,32,33)/b16-8-. The Kier molecular flexibility index (Phi) is 9.51. The van der Waals surface area contributed by atoms with Crippen molar-refractivity contribution in [2.24, 2.45) is 0 Å². The first-order chi connectivity index (χ1) is 16.6. The van der Waals surface area contributed by atoms with Crippen LogP contribution in [0.4, 0.5) is 5.69 Å². The Hall–Kier alpha value is -2.21. The fourth-order valence-electron chi connectivity index (χ4n) is 3.00. The van der Waals surface area contributed by atoms with E-state index in [2.05, 4.69) is 37.2 Å². The van der Waals surface area contributed by atoms with E-state index in [1.54, 1.807) is 42.5 Å². The van der Waals surface area contributed by atoms with Crippen LogP contribution < -0.4 is 14.8 Å². The minimum atomic E-state index is -0.570. The highest BCUT2D eigenvalue weighted by atomic mass is 79.9. The molecule has 0 bridgehead atoms. The molecule has 5 nitrogen and oxygen atoms in total. The van der Waals surface area contributed by atoms with Crippen LogP contribution >= 0.6 is 66.7 Å². The van der Waals surface area contributed by atoms with Gasteiger partial charge in [-0.25, -0.2) is 0 Å². The van der Waals surface area contributed by atoms with E-state index in [4.69, 9.17) is 44.3 Å². The van der Waals surface area contributed by atoms with Crippen LogP contribution in [0.5, 0.6) is 11.5 Å². The Morgan fingerprint density at radius 3 is 2.49 bits per heavy atom. The maximum absolute atomic E-state index is 12.8. The van der Waals surface area contributed by atoms with Gasteiger partial charge in [-0.15, -0.1) is 0 Å². The predicted octanol–water partition coefficient (Wildman–Crippen LogP) is 8.61. The number of amides is 1. The summed E-state index contributed by atoms with van der Waals surface area (Å²) >= 11 is 25.1. The minimum absolute atomic E-state index is 0.108. The van der Waals surface area contributed by atoms with E-state index in [0.29, 0.717) is 46.8 Å². The molecule has 1 N–H and O–H groups in total. The number of anilines is 1. The number of nitrogens with one attached hydrogen (secondary N) is 1. The number of hydrogen-bond acceptors (Lipinski definition) is 4. The Balaban J connectivity index is 1.90. The number of hydrogen-bond donors (Lipinski definition) is 1. The summed E-state index contributed by atoms with van der Waals surface area (Å²) in [7, 11) is 1.50. The highest BCUT2D eigenvalue weighted by Gasteiger charge is 2.19. The number of methoxy groups -OCH3 is 1. The SMILES string of the molecule is COc1cc(/C=C(/C#N)C(=O)Nc2cc(Cl)ccc2C)c(Br)c(Br)c1OCc1ccc(Cl)c(Cl)c1. The number of benzene rings is 3. The van der Waals surface area contributed by atoms with E-state index < -0.39 is 5.91 Å². The number of nitriles is 1. The van der Waals surface area contributed by atoms with Crippen LogP contribution in [-0.2, 0) is 11.4 Å². The summed E-state index contributed by atoms with van der Waals surface area (Å²) in [6.45, 7) is 2.04. The average Bonchev–Trinajstić information content (AvgIpc) is 2.83. The molecule has 0 fully saturated rings. The first-order valence-corrected chi connectivity index (χ1v) is 12.7. The van der Waals surface area contributed by atoms with E-state index in [-0.39, 0.29) is 12.2 Å². The normalized spacial score (nSPS) is 11.1. The average molecular weight is 660 g/mol. The van der Waals surface area contributed by atoms with Gasteiger partial charge in [-0.05, 0) is 91.9 Å². The summed E-state index contributed by atoms with van der Waals surface area (Å²) in [6.07, 6.45) is 1.45. The van der Waals surface area contributed by atoms with E-state index in [0.717, 1.165) is 11.1 Å². The monoisotopic (exact) mass is 656 g/mol. The molecule has 0 aliphatic carbocycles. The second-order valence-corrected chi connectivity index (χ2v) is 10.1. The van der Waals surface area contributed by atoms with Crippen molar-refractivity contribution in [3.8, 4) is 17.6 Å². The van der Waals surface area contributed by atoms with Crippen LogP contribution in [0.15, 0.2) is 57.0 Å². The molecule has 0 aliphatic heterocycles. The summed E-state index contributed by atoms with van der Waals surface area (Å²) in [5, 5.41) is 13.7. The smallest absolute Gasteiger partial charge is 0.266 e. The molecule has 10 heteroatoms. The third-order valence-electron chi connectivity index (χ3n) is 4.86. The Bertz CT molecular complexity index is 1370. The van der Waals surface area contributed by atoms with E-state index in [9.17, 15) is 10.1 Å². The molecular formula is C25H17Br2Cl3N2O3. The van der Waals surface area contributed by atoms with Crippen LogP contribution in [0.2, 0.25) is 15.1 Å².